The maximum atomic E-state index is 11.7. The molecule has 0 rings (SSSR count). The number of hydrogen-bond donors (Lipinski definition) is 1. The van der Waals surface area contributed by atoms with Crippen LogP contribution in [0.25, 0.3) is 0 Å². The SMILES string of the molecule is CCOC(CN)CCS(=O)(=O)C(C)CC. The second-order valence-electron chi connectivity index (χ2n) is 3.69. The van der Waals surface area contributed by atoms with Gasteiger partial charge in [0.1, 0.15) is 0 Å². The molecule has 2 N–H and O–H groups in total. The minimum absolute atomic E-state index is 0.131. The quantitative estimate of drug-likeness (QED) is 0.682. The zero-order valence-corrected chi connectivity index (χ0v) is 10.7. The second-order valence-corrected chi connectivity index (χ2v) is 6.23. The van der Waals surface area contributed by atoms with E-state index in [4.69, 9.17) is 10.5 Å². The van der Waals surface area contributed by atoms with Gasteiger partial charge < -0.3 is 10.5 Å². The first-order valence-electron chi connectivity index (χ1n) is 5.51. The molecule has 0 spiro atoms. The molecule has 0 saturated carbocycles. The maximum Gasteiger partial charge on any atom is 0.152 e. The van der Waals surface area contributed by atoms with Crippen LogP contribution in [0.15, 0.2) is 0 Å². The molecule has 0 aliphatic heterocycles. The molecule has 0 heterocycles. The number of sulfone groups is 1. The van der Waals surface area contributed by atoms with Crippen LogP contribution < -0.4 is 5.73 Å². The molecule has 0 aliphatic carbocycles. The van der Waals surface area contributed by atoms with Gasteiger partial charge in [-0.2, -0.15) is 0 Å². The molecule has 92 valence electrons. The Balaban J connectivity index is 4.12. The molecule has 0 fully saturated rings. The molecular formula is C10H23NO3S. The summed E-state index contributed by atoms with van der Waals surface area (Å²) in [5, 5.41) is -0.266. The maximum absolute atomic E-state index is 11.7. The van der Waals surface area contributed by atoms with Crippen molar-refractivity contribution in [1.82, 2.24) is 0 Å². The van der Waals surface area contributed by atoms with E-state index in [9.17, 15) is 8.42 Å². The molecule has 4 nitrogen and oxygen atoms in total. The van der Waals surface area contributed by atoms with E-state index in [2.05, 4.69) is 0 Å². The van der Waals surface area contributed by atoms with Gasteiger partial charge in [0, 0.05) is 13.2 Å². The average molecular weight is 237 g/mol. The number of ether oxygens (including phenoxy) is 1. The Morgan fingerprint density at radius 2 is 1.93 bits per heavy atom. The first-order chi connectivity index (χ1) is 6.97. The Labute approximate surface area is 93.1 Å². The fraction of sp³-hybridized carbons (Fsp3) is 1.00. The lowest BCUT2D eigenvalue weighted by molar-refractivity contribution is 0.0670. The van der Waals surface area contributed by atoms with Crippen LogP contribution in [0.2, 0.25) is 0 Å². The first kappa shape index (κ1) is 14.9. The molecule has 0 bridgehead atoms. The molecule has 0 saturated heterocycles. The summed E-state index contributed by atoms with van der Waals surface area (Å²) in [5.41, 5.74) is 5.48. The van der Waals surface area contributed by atoms with Gasteiger partial charge in [0.25, 0.3) is 0 Å². The number of nitrogens with two attached hydrogens (primary N) is 1. The zero-order valence-electron chi connectivity index (χ0n) is 9.90. The molecule has 0 aromatic heterocycles. The standard InChI is InChI=1S/C10H23NO3S/c1-4-9(3)15(12,13)7-6-10(8-11)14-5-2/h9-10H,4-8,11H2,1-3H3. The summed E-state index contributed by atoms with van der Waals surface area (Å²) < 4.78 is 28.7. The summed E-state index contributed by atoms with van der Waals surface area (Å²) in [4.78, 5) is 0. The van der Waals surface area contributed by atoms with Crippen LogP contribution in [0, 0.1) is 0 Å². The van der Waals surface area contributed by atoms with Crippen LogP contribution in [0.4, 0.5) is 0 Å². The van der Waals surface area contributed by atoms with Crippen molar-refractivity contribution in [3.05, 3.63) is 0 Å². The van der Waals surface area contributed by atoms with Crippen molar-refractivity contribution in [3.63, 3.8) is 0 Å². The molecule has 0 radical (unpaired) electrons. The minimum Gasteiger partial charge on any atom is -0.377 e. The van der Waals surface area contributed by atoms with E-state index in [1.165, 1.54) is 0 Å². The largest absolute Gasteiger partial charge is 0.377 e. The summed E-state index contributed by atoms with van der Waals surface area (Å²) in [7, 11) is -2.97. The van der Waals surface area contributed by atoms with Crippen molar-refractivity contribution in [2.75, 3.05) is 18.9 Å². The van der Waals surface area contributed by atoms with E-state index in [-0.39, 0.29) is 17.1 Å². The lowest BCUT2D eigenvalue weighted by Crippen LogP contribution is -2.29. The van der Waals surface area contributed by atoms with Crippen molar-refractivity contribution in [1.29, 1.82) is 0 Å². The van der Waals surface area contributed by atoms with E-state index in [1.807, 2.05) is 13.8 Å². The van der Waals surface area contributed by atoms with E-state index >= 15 is 0 Å². The van der Waals surface area contributed by atoms with Crippen molar-refractivity contribution in [2.24, 2.45) is 5.73 Å². The molecule has 0 aromatic rings. The smallest absolute Gasteiger partial charge is 0.152 e. The van der Waals surface area contributed by atoms with E-state index in [0.29, 0.717) is 26.0 Å². The Hall–Kier alpha value is -0.130. The summed E-state index contributed by atoms with van der Waals surface area (Å²) in [5.74, 6) is 0.171. The molecule has 0 aliphatic rings. The van der Waals surface area contributed by atoms with Gasteiger partial charge in [-0.15, -0.1) is 0 Å². The fourth-order valence-electron chi connectivity index (χ4n) is 1.26. The Bertz CT molecular complexity index is 251. The monoisotopic (exact) mass is 237 g/mol. The molecular weight excluding hydrogens is 214 g/mol. The third-order valence-corrected chi connectivity index (χ3v) is 4.94. The van der Waals surface area contributed by atoms with Crippen LogP contribution >= 0.6 is 0 Å². The highest BCUT2D eigenvalue weighted by atomic mass is 32.2. The predicted molar refractivity (Wildman–Crippen MR) is 62.6 cm³/mol. The highest BCUT2D eigenvalue weighted by Gasteiger charge is 2.20. The van der Waals surface area contributed by atoms with Gasteiger partial charge in [-0.05, 0) is 26.7 Å². The van der Waals surface area contributed by atoms with Gasteiger partial charge in [-0.25, -0.2) is 8.42 Å². The molecule has 0 amide bonds. The van der Waals surface area contributed by atoms with Crippen LogP contribution in [0.1, 0.15) is 33.6 Å². The minimum atomic E-state index is -2.97. The van der Waals surface area contributed by atoms with Gasteiger partial charge in [0.15, 0.2) is 9.84 Å². The van der Waals surface area contributed by atoms with Crippen molar-refractivity contribution < 1.29 is 13.2 Å². The Morgan fingerprint density at radius 3 is 2.33 bits per heavy atom. The third kappa shape index (κ3) is 5.49. The van der Waals surface area contributed by atoms with E-state index in [1.54, 1.807) is 6.92 Å². The molecule has 15 heavy (non-hydrogen) atoms. The summed E-state index contributed by atoms with van der Waals surface area (Å²) in [6.07, 6.45) is 1.02. The van der Waals surface area contributed by atoms with Gasteiger partial charge >= 0.3 is 0 Å². The van der Waals surface area contributed by atoms with Gasteiger partial charge in [-0.3, -0.25) is 0 Å². The third-order valence-electron chi connectivity index (χ3n) is 2.58. The van der Waals surface area contributed by atoms with Crippen LogP contribution in [0.5, 0.6) is 0 Å². The molecule has 5 heteroatoms. The Kier molecular flexibility index (Phi) is 7.13. The zero-order chi connectivity index (χ0) is 11.9. The van der Waals surface area contributed by atoms with Gasteiger partial charge in [0.2, 0.25) is 0 Å². The summed E-state index contributed by atoms with van der Waals surface area (Å²) in [6.45, 7) is 6.46. The highest BCUT2D eigenvalue weighted by molar-refractivity contribution is 7.91. The van der Waals surface area contributed by atoms with Crippen LogP contribution in [-0.2, 0) is 14.6 Å². The van der Waals surface area contributed by atoms with Crippen LogP contribution in [-0.4, -0.2) is 38.7 Å². The molecule has 0 aromatic carbocycles. The second kappa shape index (κ2) is 7.19. The number of hydrogen-bond acceptors (Lipinski definition) is 4. The summed E-state index contributed by atoms with van der Waals surface area (Å²) >= 11 is 0. The van der Waals surface area contributed by atoms with Gasteiger partial charge in [-0.1, -0.05) is 6.92 Å². The topological polar surface area (TPSA) is 69.4 Å². The first-order valence-corrected chi connectivity index (χ1v) is 7.22. The summed E-state index contributed by atoms with van der Waals surface area (Å²) in [6, 6.07) is 0. The number of rotatable bonds is 8. The molecule has 2 atom stereocenters. The van der Waals surface area contributed by atoms with Gasteiger partial charge in [0.05, 0.1) is 17.1 Å². The van der Waals surface area contributed by atoms with Crippen molar-refractivity contribution in [3.8, 4) is 0 Å². The van der Waals surface area contributed by atoms with Crippen molar-refractivity contribution >= 4 is 9.84 Å². The normalized spacial score (nSPS) is 16.3. The highest BCUT2D eigenvalue weighted by Crippen LogP contribution is 2.09. The van der Waals surface area contributed by atoms with E-state index < -0.39 is 9.84 Å². The van der Waals surface area contributed by atoms with Crippen LogP contribution in [0.3, 0.4) is 0 Å². The lowest BCUT2D eigenvalue weighted by Gasteiger charge is -2.16. The van der Waals surface area contributed by atoms with Crippen molar-refractivity contribution in [2.45, 2.75) is 45.0 Å². The average Bonchev–Trinajstić information content (AvgIpc) is 2.22. The Morgan fingerprint density at radius 1 is 1.33 bits per heavy atom. The molecule has 2 unspecified atom stereocenters. The predicted octanol–water partition coefficient (Wildman–Crippen LogP) is 0.954. The van der Waals surface area contributed by atoms with E-state index in [0.717, 1.165) is 0 Å². The fourth-order valence-corrected chi connectivity index (χ4v) is 2.76. The lowest BCUT2D eigenvalue weighted by atomic mass is 10.3.